The predicted octanol–water partition coefficient (Wildman–Crippen LogP) is 1.82. The number of carbonyl (C=O) groups excluding carboxylic acids is 1. The van der Waals surface area contributed by atoms with Gasteiger partial charge in [0.2, 0.25) is 0 Å². The molecule has 90 valence electrons. The number of benzene rings is 1. The Bertz CT molecular complexity index is 669. The average Bonchev–Trinajstić information content (AvgIpc) is 3.05. The second kappa shape index (κ2) is 4.37. The van der Waals surface area contributed by atoms with Gasteiger partial charge in [-0.1, -0.05) is 18.2 Å². The lowest BCUT2D eigenvalue weighted by atomic mass is 10.1. The average molecular weight is 240 g/mol. The topological polar surface area (TPSA) is 73.6 Å². The van der Waals surface area contributed by atoms with Crippen molar-refractivity contribution in [3.8, 4) is 0 Å². The molecule has 5 heteroatoms. The quantitative estimate of drug-likeness (QED) is 0.653. The lowest BCUT2D eigenvalue weighted by molar-refractivity contribution is 0.0952. The molecule has 0 bridgehead atoms. The van der Waals surface area contributed by atoms with E-state index in [0.29, 0.717) is 12.1 Å². The Morgan fingerprint density at radius 3 is 3.00 bits per heavy atom. The third-order valence-corrected chi connectivity index (χ3v) is 2.83. The second-order valence-corrected chi connectivity index (χ2v) is 4.01. The molecule has 2 heterocycles. The van der Waals surface area contributed by atoms with Crippen LogP contribution in [0.3, 0.4) is 0 Å². The third kappa shape index (κ3) is 1.86. The molecule has 0 saturated carbocycles. The molecule has 18 heavy (non-hydrogen) atoms. The zero-order chi connectivity index (χ0) is 12.4. The lowest BCUT2D eigenvalue weighted by Gasteiger charge is -2.02. The minimum Gasteiger partial charge on any atom is -0.360 e. The lowest BCUT2D eigenvalue weighted by Crippen LogP contribution is -2.22. The van der Waals surface area contributed by atoms with E-state index in [1.165, 1.54) is 0 Å². The zero-order valence-electron chi connectivity index (χ0n) is 9.60. The van der Waals surface area contributed by atoms with E-state index in [-0.39, 0.29) is 5.91 Å². The molecule has 0 fully saturated rings. The van der Waals surface area contributed by atoms with E-state index in [1.807, 2.05) is 24.3 Å². The number of carbonyl (C=O) groups is 1. The number of H-pyrrole nitrogens is 2. The molecule has 3 aromatic rings. The Morgan fingerprint density at radius 2 is 2.17 bits per heavy atom. The maximum atomic E-state index is 12.0. The molecule has 0 aliphatic rings. The van der Waals surface area contributed by atoms with Gasteiger partial charge in [-0.15, -0.1) is 0 Å². The first-order chi connectivity index (χ1) is 8.84. The molecular formula is C13H12N4O. The van der Waals surface area contributed by atoms with Crippen molar-refractivity contribution in [2.75, 3.05) is 0 Å². The van der Waals surface area contributed by atoms with Crippen LogP contribution < -0.4 is 5.32 Å². The number of hydrogen-bond donors (Lipinski definition) is 3. The summed E-state index contributed by atoms with van der Waals surface area (Å²) in [5, 5.41) is 3.78. The van der Waals surface area contributed by atoms with Gasteiger partial charge < -0.3 is 15.3 Å². The number of rotatable bonds is 3. The zero-order valence-corrected chi connectivity index (χ0v) is 9.60. The third-order valence-electron chi connectivity index (χ3n) is 2.83. The van der Waals surface area contributed by atoms with Crippen molar-refractivity contribution in [2.45, 2.75) is 6.54 Å². The first-order valence-corrected chi connectivity index (χ1v) is 5.66. The van der Waals surface area contributed by atoms with Crippen molar-refractivity contribution in [2.24, 2.45) is 0 Å². The molecule has 0 spiro atoms. The molecule has 0 saturated heterocycles. The summed E-state index contributed by atoms with van der Waals surface area (Å²) < 4.78 is 0. The fraction of sp³-hybridized carbons (Fsp3) is 0.0769. The van der Waals surface area contributed by atoms with Crippen LogP contribution in [-0.2, 0) is 6.54 Å². The van der Waals surface area contributed by atoms with Crippen LogP contribution in [0.5, 0.6) is 0 Å². The summed E-state index contributed by atoms with van der Waals surface area (Å²) in [6, 6.07) is 7.73. The van der Waals surface area contributed by atoms with Crippen molar-refractivity contribution in [3.63, 3.8) is 0 Å². The predicted molar refractivity (Wildman–Crippen MR) is 68.1 cm³/mol. The Kier molecular flexibility index (Phi) is 2.57. The summed E-state index contributed by atoms with van der Waals surface area (Å²) in [6.07, 6.45) is 5.01. The summed E-state index contributed by atoms with van der Waals surface area (Å²) in [5.41, 5.74) is 2.50. The normalized spacial score (nSPS) is 10.7. The highest BCUT2D eigenvalue weighted by Gasteiger charge is 2.11. The smallest absolute Gasteiger partial charge is 0.253 e. The number of hydrogen-bond acceptors (Lipinski definition) is 2. The Hall–Kier alpha value is -2.56. The largest absolute Gasteiger partial charge is 0.360 e. The van der Waals surface area contributed by atoms with Gasteiger partial charge in [0.25, 0.3) is 5.91 Å². The van der Waals surface area contributed by atoms with Gasteiger partial charge >= 0.3 is 0 Å². The number of nitrogens with one attached hydrogen (secondary N) is 3. The molecule has 0 aliphatic carbocycles. The standard InChI is InChI=1S/C13H12N4O/c18-13(16-6-9-5-14-8-17-9)11-7-15-12-4-2-1-3-10(11)12/h1-5,7-8,15H,6H2,(H,14,17)(H,16,18). The van der Waals surface area contributed by atoms with Crippen LogP contribution in [0.4, 0.5) is 0 Å². The van der Waals surface area contributed by atoms with Gasteiger partial charge in [-0.25, -0.2) is 4.98 Å². The molecule has 1 aromatic carbocycles. The summed E-state index contributed by atoms with van der Waals surface area (Å²) in [5.74, 6) is -0.0953. The maximum Gasteiger partial charge on any atom is 0.253 e. The van der Waals surface area contributed by atoms with E-state index < -0.39 is 0 Å². The molecule has 0 unspecified atom stereocenters. The SMILES string of the molecule is O=C(NCc1cnc[nH]1)c1c[nH]c2ccccc12. The first kappa shape index (κ1) is 10.6. The Morgan fingerprint density at radius 1 is 1.28 bits per heavy atom. The number of fused-ring (bicyclic) bond motifs is 1. The van der Waals surface area contributed by atoms with Crippen LogP contribution in [-0.4, -0.2) is 20.9 Å². The number of nitrogens with zero attached hydrogens (tertiary/aromatic N) is 1. The Labute approximate surface area is 103 Å². The molecule has 0 aliphatic heterocycles. The van der Waals surface area contributed by atoms with Crippen molar-refractivity contribution < 1.29 is 4.79 Å². The number of aromatic nitrogens is 3. The van der Waals surface area contributed by atoms with Gasteiger partial charge in [-0.2, -0.15) is 0 Å². The number of para-hydroxylation sites is 1. The highest BCUT2D eigenvalue weighted by Crippen LogP contribution is 2.17. The minimum atomic E-state index is -0.0953. The highest BCUT2D eigenvalue weighted by molar-refractivity contribution is 6.06. The van der Waals surface area contributed by atoms with E-state index in [1.54, 1.807) is 18.7 Å². The van der Waals surface area contributed by atoms with Crippen molar-refractivity contribution in [3.05, 3.63) is 54.2 Å². The van der Waals surface area contributed by atoms with Gasteiger partial charge in [-0.05, 0) is 6.07 Å². The fourth-order valence-corrected chi connectivity index (χ4v) is 1.91. The van der Waals surface area contributed by atoms with Gasteiger partial charge in [0, 0.05) is 23.3 Å². The van der Waals surface area contributed by atoms with Gasteiger partial charge in [0.1, 0.15) is 0 Å². The van der Waals surface area contributed by atoms with Crippen molar-refractivity contribution in [1.29, 1.82) is 0 Å². The van der Waals surface area contributed by atoms with Gasteiger partial charge in [0.15, 0.2) is 0 Å². The van der Waals surface area contributed by atoms with E-state index in [2.05, 4.69) is 20.3 Å². The summed E-state index contributed by atoms with van der Waals surface area (Å²) in [6.45, 7) is 0.443. The van der Waals surface area contributed by atoms with Crippen LogP contribution in [0, 0.1) is 0 Å². The maximum absolute atomic E-state index is 12.0. The molecule has 3 rings (SSSR count). The minimum absolute atomic E-state index is 0.0953. The van der Waals surface area contributed by atoms with Gasteiger partial charge in [0.05, 0.1) is 24.1 Å². The highest BCUT2D eigenvalue weighted by atomic mass is 16.1. The van der Waals surface area contributed by atoms with Crippen LogP contribution >= 0.6 is 0 Å². The molecule has 1 amide bonds. The summed E-state index contributed by atoms with van der Waals surface area (Å²) in [7, 11) is 0. The Balaban J connectivity index is 1.80. The molecule has 2 aromatic heterocycles. The van der Waals surface area contributed by atoms with Gasteiger partial charge in [-0.3, -0.25) is 4.79 Å². The summed E-state index contributed by atoms with van der Waals surface area (Å²) in [4.78, 5) is 22.0. The van der Waals surface area contributed by atoms with Crippen molar-refractivity contribution >= 4 is 16.8 Å². The molecule has 5 nitrogen and oxygen atoms in total. The van der Waals surface area contributed by atoms with E-state index >= 15 is 0 Å². The molecule has 0 radical (unpaired) electrons. The van der Waals surface area contributed by atoms with E-state index in [9.17, 15) is 4.79 Å². The number of imidazole rings is 1. The molecular weight excluding hydrogens is 228 g/mol. The van der Waals surface area contributed by atoms with Crippen LogP contribution in [0.15, 0.2) is 43.0 Å². The second-order valence-electron chi connectivity index (χ2n) is 4.01. The number of amides is 1. The van der Waals surface area contributed by atoms with Crippen LogP contribution in [0.1, 0.15) is 16.1 Å². The van der Waals surface area contributed by atoms with E-state index in [4.69, 9.17) is 0 Å². The fourth-order valence-electron chi connectivity index (χ4n) is 1.91. The van der Waals surface area contributed by atoms with Crippen LogP contribution in [0.25, 0.3) is 10.9 Å². The monoisotopic (exact) mass is 240 g/mol. The molecule has 0 atom stereocenters. The van der Waals surface area contributed by atoms with Crippen molar-refractivity contribution in [1.82, 2.24) is 20.3 Å². The first-order valence-electron chi connectivity index (χ1n) is 5.66. The summed E-state index contributed by atoms with van der Waals surface area (Å²) >= 11 is 0. The number of aromatic amines is 2. The molecule has 3 N–H and O–H groups in total. The van der Waals surface area contributed by atoms with E-state index in [0.717, 1.165) is 16.6 Å². The van der Waals surface area contributed by atoms with Crippen LogP contribution in [0.2, 0.25) is 0 Å².